The van der Waals surface area contributed by atoms with E-state index in [1.807, 2.05) is 0 Å². The molecule has 0 aliphatic heterocycles. The van der Waals surface area contributed by atoms with Gasteiger partial charge in [0.2, 0.25) is 0 Å². The van der Waals surface area contributed by atoms with Crippen molar-refractivity contribution in [1.29, 1.82) is 0 Å². The highest BCUT2D eigenvalue weighted by molar-refractivity contribution is 5.44. The van der Waals surface area contributed by atoms with Crippen molar-refractivity contribution in [3.8, 4) is 0 Å². The second-order valence-electron chi connectivity index (χ2n) is 2.72. The molecule has 7 nitrogen and oxygen atoms in total. The average Bonchev–Trinajstić information content (AvgIpc) is 2.21. The van der Waals surface area contributed by atoms with Gasteiger partial charge in [-0.05, 0) is 5.56 Å². The normalized spacial score (nSPS) is 10.3. The highest BCUT2D eigenvalue weighted by atomic mass is 17.1. The Morgan fingerprint density at radius 1 is 1.27 bits per heavy atom. The molecule has 1 rings (SSSR count). The lowest BCUT2D eigenvalue weighted by Crippen LogP contribution is -2.02. The molecule has 0 aromatic heterocycles. The van der Waals surface area contributed by atoms with Gasteiger partial charge < -0.3 is 0 Å². The molecule has 0 aliphatic carbocycles. The highest BCUT2D eigenvalue weighted by Crippen LogP contribution is 2.23. The number of benzene rings is 1. The van der Waals surface area contributed by atoms with E-state index in [4.69, 9.17) is 10.5 Å². The van der Waals surface area contributed by atoms with E-state index in [2.05, 4.69) is 9.78 Å². The zero-order valence-corrected chi connectivity index (χ0v) is 7.62. The summed E-state index contributed by atoms with van der Waals surface area (Å²) in [6, 6.07) is 4.25. The van der Waals surface area contributed by atoms with Crippen LogP contribution < -0.4 is 0 Å². The van der Waals surface area contributed by atoms with Gasteiger partial charge in [0, 0.05) is 6.07 Å². The molecule has 0 heterocycles. The van der Waals surface area contributed by atoms with E-state index in [0.717, 1.165) is 0 Å². The van der Waals surface area contributed by atoms with Gasteiger partial charge in [0.1, 0.15) is 13.2 Å². The quantitative estimate of drug-likeness (QED) is 0.439. The molecule has 2 N–H and O–H groups in total. The van der Waals surface area contributed by atoms with Crippen molar-refractivity contribution in [3.05, 3.63) is 39.4 Å². The molecule has 1 aromatic rings. The minimum Gasteiger partial charge on any atom is -0.258 e. The van der Waals surface area contributed by atoms with Crippen LogP contribution in [0.3, 0.4) is 0 Å². The van der Waals surface area contributed by atoms with E-state index in [9.17, 15) is 10.1 Å². The first-order valence-electron chi connectivity index (χ1n) is 3.98. The van der Waals surface area contributed by atoms with Crippen LogP contribution in [0.4, 0.5) is 5.69 Å². The Morgan fingerprint density at radius 3 is 2.47 bits per heavy atom. The van der Waals surface area contributed by atoms with Gasteiger partial charge in [0.25, 0.3) is 5.69 Å². The second kappa shape index (κ2) is 5.37. The molecule has 0 amide bonds. The third-order valence-corrected chi connectivity index (χ3v) is 1.87. The summed E-state index contributed by atoms with van der Waals surface area (Å²) in [7, 11) is 0. The highest BCUT2D eigenvalue weighted by Gasteiger charge is 2.17. The molecule has 0 spiro atoms. The van der Waals surface area contributed by atoms with E-state index in [0.29, 0.717) is 5.56 Å². The van der Waals surface area contributed by atoms with Crippen molar-refractivity contribution in [2.45, 2.75) is 13.2 Å². The Hall–Kier alpha value is -1.54. The van der Waals surface area contributed by atoms with E-state index >= 15 is 0 Å². The molecule has 15 heavy (non-hydrogen) atoms. The van der Waals surface area contributed by atoms with Gasteiger partial charge in [-0.3, -0.25) is 20.6 Å². The van der Waals surface area contributed by atoms with E-state index in [1.54, 1.807) is 0 Å². The maximum absolute atomic E-state index is 10.6. The lowest BCUT2D eigenvalue weighted by molar-refractivity contribution is -0.387. The van der Waals surface area contributed by atoms with Crippen LogP contribution in [-0.2, 0) is 23.0 Å². The fourth-order valence-electron chi connectivity index (χ4n) is 1.23. The molecular formula is C8H9NO6. The van der Waals surface area contributed by atoms with Crippen molar-refractivity contribution in [3.63, 3.8) is 0 Å². The summed E-state index contributed by atoms with van der Waals surface area (Å²) < 4.78 is 0. The molecule has 0 saturated carbocycles. The van der Waals surface area contributed by atoms with Gasteiger partial charge >= 0.3 is 0 Å². The van der Waals surface area contributed by atoms with E-state index in [1.165, 1.54) is 18.2 Å². The Morgan fingerprint density at radius 2 is 1.93 bits per heavy atom. The first-order chi connectivity index (χ1) is 7.20. The van der Waals surface area contributed by atoms with E-state index < -0.39 is 4.92 Å². The number of hydrogen-bond acceptors (Lipinski definition) is 6. The molecule has 1 aromatic carbocycles. The number of nitrogens with zero attached hydrogens (tertiary/aromatic N) is 1. The minimum absolute atomic E-state index is 0.166. The van der Waals surface area contributed by atoms with E-state index in [-0.39, 0.29) is 24.5 Å². The van der Waals surface area contributed by atoms with Crippen molar-refractivity contribution >= 4 is 5.69 Å². The van der Waals surface area contributed by atoms with Crippen LogP contribution in [0.15, 0.2) is 18.2 Å². The molecule has 0 atom stereocenters. The fourth-order valence-corrected chi connectivity index (χ4v) is 1.23. The van der Waals surface area contributed by atoms with Crippen LogP contribution >= 0.6 is 0 Å². The zero-order chi connectivity index (χ0) is 11.3. The molecule has 0 fully saturated rings. The Bertz CT molecular complexity index is 353. The zero-order valence-electron chi connectivity index (χ0n) is 7.62. The predicted molar refractivity (Wildman–Crippen MR) is 47.9 cm³/mol. The molecule has 0 aliphatic rings. The topological polar surface area (TPSA) is 102 Å². The van der Waals surface area contributed by atoms with Crippen LogP contribution in [0.2, 0.25) is 0 Å². The molecule has 0 saturated heterocycles. The van der Waals surface area contributed by atoms with Gasteiger partial charge in [-0.1, -0.05) is 12.1 Å². The lowest BCUT2D eigenvalue weighted by Gasteiger charge is -2.06. The van der Waals surface area contributed by atoms with Crippen molar-refractivity contribution < 1.29 is 25.2 Å². The number of nitro benzene ring substituents is 1. The van der Waals surface area contributed by atoms with Crippen LogP contribution in [0.25, 0.3) is 0 Å². The summed E-state index contributed by atoms with van der Waals surface area (Å²) in [4.78, 5) is 17.8. The third-order valence-electron chi connectivity index (χ3n) is 1.87. The minimum atomic E-state index is -0.602. The smallest absolute Gasteiger partial charge is 0.258 e. The summed E-state index contributed by atoms with van der Waals surface area (Å²) in [5.41, 5.74) is 0.346. The number of rotatable bonds is 5. The molecule has 82 valence electrons. The van der Waals surface area contributed by atoms with Gasteiger partial charge in [-0.2, -0.15) is 0 Å². The summed E-state index contributed by atoms with van der Waals surface area (Å²) in [6.45, 7) is -0.545. The predicted octanol–water partition coefficient (Wildman–Crippen LogP) is 1.57. The molecule has 0 bridgehead atoms. The largest absolute Gasteiger partial charge is 0.275 e. The fraction of sp³-hybridized carbons (Fsp3) is 0.250. The Kier molecular flexibility index (Phi) is 4.13. The Balaban J connectivity index is 3.15. The molecular weight excluding hydrogens is 206 g/mol. The summed E-state index contributed by atoms with van der Waals surface area (Å²) in [5, 5.41) is 27.2. The lowest BCUT2D eigenvalue weighted by atomic mass is 10.1. The summed E-state index contributed by atoms with van der Waals surface area (Å²) >= 11 is 0. The second-order valence-corrected chi connectivity index (χ2v) is 2.72. The van der Waals surface area contributed by atoms with Crippen LogP contribution in [-0.4, -0.2) is 15.4 Å². The summed E-state index contributed by atoms with van der Waals surface area (Å²) in [6.07, 6.45) is 0. The molecule has 0 unspecified atom stereocenters. The molecule has 7 heteroatoms. The van der Waals surface area contributed by atoms with Crippen molar-refractivity contribution in [1.82, 2.24) is 0 Å². The molecule has 0 radical (unpaired) electrons. The maximum atomic E-state index is 10.6. The van der Waals surface area contributed by atoms with Crippen molar-refractivity contribution in [2.24, 2.45) is 0 Å². The number of hydrogen-bond donors (Lipinski definition) is 2. The first kappa shape index (κ1) is 11.5. The standard InChI is InChI=1S/C8H9NO6/c10-9(11)8-3-1-2-6(4-14-12)7(8)5-15-13/h1-3,12-13H,4-5H2. The Labute approximate surface area is 84.5 Å². The van der Waals surface area contributed by atoms with Gasteiger partial charge in [-0.25, -0.2) is 9.78 Å². The van der Waals surface area contributed by atoms with Crippen molar-refractivity contribution in [2.75, 3.05) is 0 Å². The SMILES string of the molecule is O=[N+]([O-])c1cccc(COO)c1COO. The van der Waals surface area contributed by atoms with Crippen LogP contribution in [0, 0.1) is 10.1 Å². The maximum Gasteiger partial charge on any atom is 0.275 e. The van der Waals surface area contributed by atoms with Crippen LogP contribution in [0.5, 0.6) is 0 Å². The van der Waals surface area contributed by atoms with Gasteiger partial charge in [0.05, 0.1) is 10.5 Å². The summed E-state index contributed by atoms with van der Waals surface area (Å²) in [5.74, 6) is 0. The first-order valence-corrected chi connectivity index (χ1v) is 3.98. The average molecular weight is 215 g/mol. The van der Waals surface area contributed by atoms with Crippen LogP contribution in [0.1, 0.15) is 11.1 Å². The monoisotopic (exact) mass is 215 g/mol. The van der Waals surface area contributed by atoms with Gasteiger partial charge in [-0.15, -0.1) is 0 Å². The third kappa shape index (κ3) is 2.70. The van der Waals surface area contributed by atoms with Gasteiger partial charge in [0.15, 0.2) is 0 Å². The number of nitro groups is 1.